The fourth-order valence-electron chi connectivity index (χ4n) is 1.55. The van der Waals surface area contributed by atoms with Gasteiger partial charge < -0.3 is 15.8 Å². The molecule has 0 bridgehead atoms. The Labute approximate surface area is 101 Å². The first-order valence-electron chi connectivity index (χ1n) is 5.56. The molecule has 0 aliphatic carbocycles. The van der Waals surface area contributed by atoms with Crippen LogP contribution in [-0.2, 0) is 23.1 Å². The van der Waals surface area contributed by atoms with Gasteiger partial charge in [-0.25, -0.2) is 0 Å². The van der Waals surface area contributed by atoms with E-state index in [1.807, 2.05) is 6.92 Å². The van der Waals surface area contributed by atoms with Gasteiger partial charge in [-0.05, 0) is 5.92 Å². The van der Waals surface area contributed by atoms with Gasteiger partial charge in [-0.2, -0.15) is 5.10 Å². The summed E-state index contributed by atoms with van der Waals surface area (Å²) < 4.78 is 6.55. The number of aromatic nitrogens is 2. The number of nitrogens with two attached hydrogens (primary N) is 1. The predicted octanol–water partition coefficient (Wildman–Crippen LogP) is 0.291. The first-order chi connectivity index (χ1) is 8.04. The third-order valence-electron chi connectivity index (χ3n) is 2.53. The summed E-state index contributed by atoms with van der Waals surface area (Å²) in [6.07, 6.45) is 2.11. The standard InChI is InChI=1S/C11H20N4O2/c1-8(7-17-3)4-10(16)13-5-9-6-14-15(2)11(9)12/h6,8H,4-5,7,12H2,1-3H3,(H,13,16). The largest absolute Gasteiger partial charge is 0.384 e. The first kappa shape index (κ1) is 13.5. The number of carbonyl (C=O) groups excluding carboxylic acids is 1. The van der Waals surface area contributed by atoms with Crippen molar-refractivity contribution in [3.05, 3.63) is 11.8 Å². The molecule has 0 aromatic carbocycles. The molecule has 17 heavy (non-hydrogen) atoms. The van der Waals surface area contributed by atoms with Crippen molar-refractivity contribution in [2.45, 2.75) is 19.9 Å². The lowest BCUT2D eigenvalue weighted by Gasteiger charge is -2.10. The maximum Gasteiger partial charge on any atom is 0.220 e. The number of aryl methyl sites for hydroxylation is 1. The molecule has 0 radical (unpaired) electrons. The third kappa shape index (κ3) is 4.07. The van der Waals surface area contributed by atoms with Crippen molar-refractivity contribution < 1.29 is 9.53 Å². The minimum atomic E-state index is -0.00203. The molecule has 96 valence electrons. The van der Waals surface area contributed by atoms with Gasteiger partial charge in [-0.1, -0.05) is 6.92 Å². The Hall–Kier alpha value is -1.56. The van der Waals surface area contributed by atoms with Crippen molar-refractivity contribution in [2.75, 3.05) is 19.5 Å². The summed E-state index contributed by atoms with van der Waals surface area (Å²) in [5, 5.41) is 6.82. The van der Waals surface area contributed by atoms with E-state index >= 15 is 0 Å². The number of anilines is 1. The molecule has 0 saturated carbocycles. The summed E-state index contributed by atoms with van der Waals surface area (Å²) in [5.41, 5.74) is 6.60. The van der Waals surface area contributed by atoms with E-state index in [9.17, 15) is 4.79 Å². The van der Waals surface area contributed by atoms with Crippen LogP contribution in [0, 0.1) is 5.92 Å². The molecule has 1 rings (SSSR count). The Morgan fingerprint density at radius 1 is 1.71 bits per heavy atom. The van der Waals surface area contributed by atoms with Crippen molar-refractivity contribution in [2.24, 2.45) is 13.0 Å². The molecule has 0 saturated heterocycles. The van der Waals surface area contributed by atoms with E-state index in [1.54, 1.807) is 25.0 Å². The Morgan fingerprint density at radius 3 is 2.94 bits per heavy atom. The summed E-state index contributed by atoms with van der Waals surface area (Å²) in [7, 11) is 3.39. The zero-order valence-electron chi connectivity index (χ0n) is 10.6. The average molecular weight is 240 g/mol. The molecule has 0 aliphatic rings. The second kappa shape index (κ2) is 6.24. The Morgan fingerprint density at radius 2 is 2.41 bits per heavy atom. The van der Waals surface area contributed by atoms with E-state index in [4.69, 9.17) is 10.5 Å². The molecule has 1 amide bonds. The highest BCUT2D eigenvalue weighted by molar-refractivity contribution is 5.76. The van der Waals surface area contributed by atoms with Crippen molar-refractivity contribution >= 4 is 11.7 Å². The molecular formula is C11H20N4O2. The number of nitrogens with zero attached hydrogens (tertiary/aromatic N) is 2. The molecule has 3 N–H and O–H groups in total. The lowest BCUT2D eigenvalue weighted by Crippen LogP contribution is -2.25. The van der Waals surface area contributed by atoms with E-state index in [0.29, 0.717) is 25.4 Å². The van der Waals surface area contributed by atoms with Crippen LogP contribution in [0.4, 0.5) is 5.82 Å². The van der Waals surface area contributed by atoms with Crippen LogP contribution in [0.5, 0.6) is 0 Å². The van der Waals surface area contributed by atoms with E-state index in [1.165, 1.54) is 0 Å². The van der Waals surface area contributed by atoms with Gasteiger partial charge in [0.1, 0.15) is 5.82 Å². The normalized spacial score (nSPS) is 12.4. The maximum atomic E-state index is 11.6. The Kier molecular flexibility index (Phi) is 4.96. The van der Waals surface area contributed by atoms with Gasteiger partial charge in [0.05, 0.1) is 6.20 Å². The molecule has 1 aromatic rings. The zero-order chi connectivity index (χ0) is 12.8. The minimum Gasteiger partial charge on any atom is -0.384 e. The van der Waals surface area contributed by atoms with Gasteiger partial charge in [0.15, 0.2) is 0 Å². The summed E-state index contributed by atoms with van der Waals surface area (Å²) in [6, 6.07) is 0. The Balaban J connectivity index is 2.36. The van der Waals surface area contributed by atoms with Crippen LogP contribution in [0.15, 0.2) is 6.20 Å². The quantitative estimate of drug-likeness (QED) is 0.748. The molecular weight excluding hydrogens is 220 g/mol. The predicted molar refractivity (Wildman–Crippen MR) is 65.1 cm³/mol. The average Bonchev–Trinajstić information content (AvgIpc) is 2.57. The lowest BCUT2D eigenvalue weighted by molar-refractivity contribution is -0.122. The number of hydrogen-bond donors (Lipinski definition) is 2. The number of nitrogen functional groups attached to an aromatic ring is 1. The van der Waals surface area contributed by atoms with Crippen LogP contribution in [0.1, 0.15) is 18.9 Å². The molecule has 6 nitrogen and oxygen atoms in total. The molecule has 0 fully saturated rings. The first-order valence-corrected chi connectivity index (χ1v) is 5.56. The second-order valence-corrected chi connectivity index (χ2v) is 4.22. The maximum absolute atomic E-state index is 11.6. The molecule has 0 spiro atoms. The van der Waals surface area contributed by atoms with Crippen molar-refractivity contribution in [3.8, 4) is 0 Å². The van der Waals surface area contributed by atoms with Gasteiger partial charge in [0.25, 0.3) is 0 Å². The topological polar surface area (TPSA) is 82.2 Å². The van der Waals surface area contributed by atoms with Gasteiger partial charge in [0, 0.05) is 39.3 Å². The summed E-state index contributed by atoms with van der Waals surface area (Å²) in [6.45, 7) is 2.97. The number of amides is 1. The summed E-state index contributed by atoms with van der Waals surface area (Å²) in [5.74, 6) is 0.791. The smallest absolute Gasteiger partial charge is 0.220 e. The third-order valence-corrected chi connectivity index (χ3v) is 2.53. The van der Waals surface area contributed by atoms with E-state index in [-0.39, 0.29) is 11.8 Å². The van der Waals surface area contributed by atoms with Gasteiger partial charge >= 0.3 is 0 Å². The van der Waals surface area contributed by atoms with E-state index in [2.05, 4.69) is 10.4 Å². The molecule has 1 unspecified atom stereocenters. The summed E-state index contributed by atoms with van der Waals surface area (Å²) >= 11 is 0. The number of rotatable bonds is 6. The van der Waals surface area contributed by atoms with Crippen LogP contribution in [-0.4, -0.2) is 29.4 Å². The van der Waals surface area contributed by atoms with E-state index < -0.39 is 0 Å². The van der Waals surface area contributed by atoms with Crippen LogP contribution in [0.3, 0.4) is 0 Å². The number of nitrogens with one attached hydrogen (secondary N) is 1. The summed E-state index contributed by atoms with van der Waals surface area (Å²) in [4.78, 5) is 11.6. The number of methoxy groups -OCH3 is 1. The highest BCUT2D eigenvalue weighted by atomic mass is 16.5. The minimum absolute atomic E-state index is 0.00203. The highest BCUT2D eigenvalue weighted by Gasteiger charge is 2.10. The monoisotopic (exact) mass is 240 g/mol. The van der Waals surface area contributed by atoms with Crippen LogP contribution in [0.25, 0.3) is 0 Å². The number of ether oxygens (including phenoxy) is 1. The van der Waals surface area contributed by atoms with Crippen molar-refractivity contribution in [1.29, 1.82) is 0 Å². The fourth-order valence-corrected chi connectivity index (χ4v) is 1.55. The van der Waals surface area contributed by atoms with Crippen molar-refractivity contribution in [1.82, 2.24) is 15.1 Å². The van der Waals surface area contributed by atoms with E-state index in [0.717, 1.165) is 5.56 Å². The Bertz CT molecular complexity index is 376. The van der Waals surface area contributed by atoms with Gasteiger partial charge in [-0.3, -0.25) is 9.48 Å². The highest BCUT2D eigenvalue weighted by Crippen LogP contribution is 2.09. The molecule has 0 aliphatic heterocycles. The molecule has 6 heteroatoms. The zero-order valence-corrected chi connectivity index (χ0v) is 10.6. The van der Waals surface area contributed by atoms with Crippen LogP contribution >= 0.6 is 0 Å². The second-order valence-electron chi connectivity index (χ2n) is 4.22. The van der Waals surface area contributed by atoms with Crippen LogP contribution in [0.2, 0.25) is 0 Å². The molecule has 1 heterocycles. The molecule has 1 aromatic heterocycles. The number of carbonyl (C=O) groups is 1. The SMILES string of the molecule is COCC(C)CC(=O)NCc1cnn(C)c1N. The fraction of sp³-hybridized carbons (Fsp3) is 0.636. The number of hydrogen-bond acceptors (Lipinski definition) is 4. The van der Waals surface area contributed by atoms with Crippen molar-refractivity contribution in [3.63, 3.8) is 0 Å². The molecule has 1 atom stereocenters. The van der Waals surface area contributed by atoms with Gasteiger partial charge in [-0.15, -0.1) is 0 Å². The van der Waals surface area contributed by atoms with Crippen LogP contribution < -0.4 is 11.1 Å². The lowest BCUT2D eigenvalue weighted by atomic mass is 10.1. The van der Waals surface area contributed by atoms with Gasteiger partial charge in [0.2, 0.25) is 5.91 Å².